The highest BCUT2D eigenvalue weighted by atomic mass is 16.4. The van der Waals surface area contributed by atoms with E-state index in [1.807, 2.05) is 50.2 Å². The Bertz CT molecular complexity index is 832. The number of nitrogens with one attached hydrogen (secondary N) is 2. The summed E-state index contributed by atoms with van der Waals surface area (Å²) in [6, 6.07) is 10.5. The molecule has 0 bridgehead atoms. The van der Waals surface area contributed by atoms with Crippen LogP contribution in [0.5, 0.6) is 0 Å². The van der Waals surface area contributed by atoms with Crippen LogP contribution in [-0.2, 0) is 35.5 Å². The van der Waals surface area contributed by atoms with E-state index in [1.54, 1.807) is 0 Å². The molecule has 0 saturated heterocycles. The van der Waals surface area contributed by atoms with Gasteiger partial charge in [0.05, 0.1) is 11.4 Å². The molecule has 4 N–H and O–H groups in total. The van der Waals surface area contributed by atoms with Gasteiger partial charge in [0.15, 0.2) is 0 Å². The van der Waals surface area contributed by atoms with E-state index < -0.39 is 24.0 Å². The van der Waals surface area contributed by atoms with E-state index in [4.69, 9.17) is 0 Å². The molecule has 0 aliphatic heterocycles. The number of aryl methyl sites for hydroxylation is 2. The number of carbonyl (C=O) groups is 2. The zero-order valence-electron chi connectivity index (χ0n) is 20.3. The zero-order valence-corrected chi connectivity index (χ0v) is 20.3. The van der Waals surface area contributed by atoms with Crippen LogP contribution in [0.25, 0.3) is 0 Å². The van der Waals surface area contributed by atoms with E-state index >= 15 is 0 Å². The number of nitrogens with zero attached hydrogens (tertiary/aromatic N) is 2. The van der Waals surface area contributed by atoms with Gasteiger partial charge in [-0.2, -0.15) is 0 Å². The summed E-state index contributed by atoms with van der Waals surface area (Å²) in [7, 11) is 0. The molecule has 2 rings (SSSR count). The summed E-state index contributed by atoms with van der Waals surface area (Å²) < 4.78 is 0. The van der Waals surface area contributed by atoms with Crippen LogP contribution in [0.2, 0.25) is 0 Å². The van der Waals surface area contributed by atoms with Crippen molar-refractivity contribution in [3.05, 3.63) is 59.2 Å². The third kappa shape index (κ3) is 9.97. The first-order valence-corrected chi connectivity index (χ1v) is 12.2. The van der Waals surface area contributed by atoms with Crippen LogP contribution in [0, 0.1) is 0 Å². The van der Waals surface area contributed by atoms with Crippen LogP contribution in [0.1, 0.15) is 75.1 Å². The summed E-state index contributed by atoms with van der Waals surface area (Å²) in [5.41, 5.74) is 3.49. The quantitative estimate of drug-likeness (QED) is 0.276. The summed E-state index contributed by atoms with van der Waals surface area (Å²) >= 11 is 0. The Morgan fingerprint density at radius 1 is 0.735 bits per heavy atom. The topological polar surface area (TPSA) is 124 Å². The highest BCUT2D eigenvalue weighted by Crippen LogP contribution is 2.09. The Hall–Kier alpha value is -2.84. The minimum absolute atomic E-state index is 0.413. The standard InChI is InChI=1S/C26H38N4O4/c1-3-5-13-23(25(31)32)27-17-21-11-7-9-19(29-21)15-16-20-10-8-12-22(30-20)18-28-24(26(33)34)14-6-4-2/h7-12,23-24,27-28H,3-6,13-18H2,1-2H3,(H,31,32)(H,33,34). The normalized spacial score (nSPS) is 12.9. The van der Waals surface area contributed by atoms with Gasteiger partial charge < -0.3 is 10.2 Å². The lowest BCUT2D eigenvalue weighted by atomic mass is 10.1. The molecule has 8 nitrogen and oxygen atoms in total. The number of carboxylic acid groups (broad SMARTS) is 2. The third-order valence-electron chi connectivity index (χ3n) is 5.71. The molecule has 2 aromatic rings. The molecule has 0 amide bonds. The first-order chi connectivity index (χ1) is 16.4. The van der Waals surface area contributed by atoms with Gasteiger partial charge in [-0.25, -0.2) is 0 Å². The van der Waals surface area contributed by atoms with Gasteiger partial charge in [0.2, 0.25) is 0 Å². The van der Waals surface area contributed by atoms with E-state index in [0.29, 0.717) is 38.8 Å². The monoisotopic (exact) mass is 470 g/mol. The number of unbranched alkanes of at least 4 members (excludes halogenated alkanes) is 2. The van der Waals surface area contributed by atoms with Crippen molar-refractivity contribution >= 4 is 11.9 Å². The van der Waals surface area contributed by atoms with Crippen LogP contribution in [-0.4, -0.2) is 44.2 Å². The van der Waals surface area contributed by atoms with Crippen molar-refractivity contribution in [2.45, 2.75) is 90.4 Å². The molecule has 34 heavy (non-hydrogen) atoms. The average molecular weight is 471 g/mol. The highest BCUT2D eigenvalue weighted by molar-refractivity contribution is 5.73. The first-order valence-electron chi connectivity index (χ1n) is 12.2. The molecule has 0 aromatic carbocycles. The zero-order chi connectivity index (χ0) is 24.8. The number of pyridine rings is 2. The molecule has 0 fully saturated rings. The fraction of sp³-hybridized carbons (Fsp3) is 0.538. The smallest absolute Gasteiger partial charge is 0.320 e. The third-order valence-corrected chi connectivity index (χ3v) is 5.71. The summed E-state index contributed by atoms with van der Waals surface area (Å²) in [5, 5.41) is 24.9. The maximum atomic E-state index is 11.4. The number of aliphatic carboxylic acids is 2. The molecule has 0 radical (unpaired) electrons. The number of aromatic nitrogens is 2. The van der Waals surface area contributed by atoms with Crippen LogP contribution in [0.15, 0.2) is 36.4 Å². The predicted octanol–water partition coefficient (Wildman–Crippen LogP) is 3.73. The Morgan fingerprint density at radius 3 is 1.47 bits per heavy atom. The Balaban J connectivity index is 1.89. The number of rotatable bonds is 17. The number of carboxylic acids is 2. The fourth-order valence-electron chi connectivity index (χ4n) is 3.69. The lowest BCUT2D eigenvalue weighted by Gasteiger charge is -2.14. The molecule has 186 valence electrons. The van der Waals surface area contributed by atoms with E-state index in [9.17, 15) is 19.8 Å². The number of hydrogen-bond donors (Lipinski definition) is 4. The van der Waals surface area contributed by atoms with Crippen LogP contribution < -0.4 is 10.6 Å². The van der Waals surface area contributed by atoms with Gasteiger partial charge in [-0.1, -0.05) is 51.7 Å². The molecule has 2 aromatic heterocycles. The van der Waals surface area contributed by atoms with Gasteiger partial charge in [-0.15, -0.1) is 0 Å². The summed E-state index contributed by atoms with van der Waals surface area (Å²) in [6.07, 6.45) is 6.30. The van der Waals surface area contributed by atoms with Crippen LogP contribution in [0.4, 0.5) is 0 Å². The van der Waals surface area contributed by atoms with Crippen molar-refractivity contribution < 1.29 is 19.8 Å². The van der Waals surface area contributed by atoms with Gasteiger partial charge in [-0.05, 0) is 49.9 Å². The second kappa shape index (κ2) is 15.1. The van der Waals surface area contributed by atoms with Gasteiger partial charge in [-0.3, -0.25) is 30.2 Å². The molecular weight excluding hydrogens is 432 g/mol. The molecular formula is C26H38N4O4. The van der Waals surface area contributed by atoms with E-state index in [2.05, 4.69) is 20.6 Å². The van der Waals surface area contributed by atoms with E-state index in [1.165, 1.54) is 0 Å². The lowest BCUT2D eigenvalue weighted by molar-refractivity contribution is -0.140. The van der Waals surface area contributed by atoms with Crippen LogP contribution >= 0.6 is 0 Å². The SMILES string of the molecule is CCCCC(NCc1cccc(CCc2cccc(CNC(CCCC)C(=O)O)n2)n1)C(=O)O. The lowest BCUT2D eigenvalue weighted by Crippen LogP contribution is -2.36. The molecule has 2 unspecified atom stereocenters. The highest BCUT2D eigenvalue weighted by Gasteiger charge is 2.17. The molecule has 0 aliphatic rings. The Kier molecular flexibility index (Phi) is 12.2. The van der Waals surface area contributed by atoms with Gasteiger partial charge >= 0.3 is 11.9 Å². The van der Waals surface area contributed by atoms with Gasteiger partial charge in [0, 0.05) is 24.5 Å². The molecule has 0 aliphatic carbocycles. The van der Waals surface area contributed by atoms with Crippen molar-refractivity contribution in [3.63, 3.8) is 0 Å². The minimum atomic E-state index is -0.829. The second-order valence-corrected chi connectivity index (χ2v) is 8.57. The summed E-state index contributed by atoms with van der Waals surface area (Å²) in [6.45, 7) is 4.92. The van der Waals surface area contributed by atoms with Crippen LogP contribution in [0.3, 0.4) is 0 Å². The predicted molar refractivity (Wildman–Crippen MR) is 131 cm³/mol. The number of hydrogen-bond acceptors (Lipinski definition) is 6. The molecule has 2 heterocycles. The average Bonchev–Trinajstić information content (AvgIpc) is 2.83. The van der Waals surface area contributed by atoms with Crippen molar-refractivity contribution in [3.8, 4) is 0 Å². The summed E-state index contributed by atoms with van der Waals surface area (Å²) in [4.78, 5) is 32.2. The molecule has 0 saturated carbocycles. The van der Waals surface area contributed by atoms with Gasteiger partial charge in [0.25, 0.3) is 0 Å². The van der Waals surface area contributed by atoms with Crippen molar-refractivity contribution in [1.82, 2.24) is 20.6 Å². The molecule has 8 heteroatoms. The Morgan fingerprint density at radius 2 is 1.12 bits per heavy atom. The maximum Gasteiger partial charge on any atom is 0.320 e. The summed E-state index contributed by atoms with van der Waals surface area (Å²) in [5.74, 6) is -1.66. The van der Waals surface area contributed by atoms with Crippen molar-refractivity contribution in [2.24, 2.45) is 0 Å². The molecule has 2 atom stereocenters. The Labute approximate surface area is 202 Å². The first kappa shape index (κ1) is 27.4. The minimum Gasteiger partial charge on any atom is -0.480 e. The fourth-order valence-corrected chi connectivity index (χ4v) is 3.69. The molecule has 0 spiro atoms. The van der Waals surface area contributed by atoms with Gasteiger partial charge in [0.1, 0.15) is 12.1 Å². The van der Waals surface area contributed by atoms with E-state index in [-0.39, 0.29) is 0 Å². The second-order valence-electron chi connectivity index (χ2n) is 8.57. The largest absolute Gasteiger partial charge is 0.480 e. The van der Waals surface area contributed by atoms with E-state index in [0.717, 1.165) is 48.5 Å². The van der Waals surface area contributed by atoms with Crippen molar-refractivity contribution in [1.29, 1.82) is 0 Å². The van der Waals surface area contributed by atoms with Crippen molar-refractivity contribution in [2.75, 3.05) is 0 Å². The maximum absolute atomic E-state index is 11.4.